The van der Waals surface area contributed by atoms with Crippen molar-refractivity contribution in [2.45, 2.75) is 33.0 Å². The molecule has 1 N–H and O–H groups in total. The van der Waals surface area contributed by atoms with E-state index in [2.05, 4.69) is 27.1 Å². The number of anilines is 2. The maximum Gasteiger partial charge on any atom is 0.410 e. The third-order valence-electron chi connectivity index (χ3n) is 7.65. The molecular formula is C33H29ClFN5O5. The average Bonchev–Trinajstić information content (AvgIpc) is 3.41. The van der Waals surface area contributed by atoms with Crippen molar-refractivity contribution >= 4 is 45.8 Å². The summed E-state index contributed by atoms with van der Waals surface area (Å²) in [5.74, 6) is 7.14. The number of benzene rings is 3. The number of carbonyl (C=O) groups is 1. The van der Waals surface area contributed by atoms with Crippen molar-refractivity contribution in [2.24, 2.45) is 17.8 Å². The fourth-order valence-corrected chi connectivity index (χ4v) is 5.67. The molecular weight excluding hydrogens is 601 g/mol. The molecule has 0 bridgehead atoms. The summed E-state index contributed by atoms with van der Waals surface area (Å²) in [5.41, 5.74) is 1.26. The first-order valence-corrected chi connectivity index (χ1v) is 14.7. The Morgan fingerprint density at radius 3 is 2.62 bits per heavy atom. The number of hydrogen-bond acceptors (Lipinski definition) is 8. The lowest BCUT2D eigenvalue weighted by Gasteiger charge is -2.25. The van der Waals surface area contributed by atoms with Crippen LogP contribution in [0.1, 0.15) is 31.9 Å². The molecule has 1 aliphatic heterocycles. The molecule has 230 valence electrons. The molecule has 1 aromatic heterocycles. The summed E-state index contributed by atoms with van der Waals surface area (Å²) in [6.45, 7) is 6.76. The number of piperidine rings is 1. The predicted octanol–water partition coefficient (Wildman–Crippen LogP) is 7.12. The highest BCUT2D eigenvalue weighted by Crippen LogP contribution is 2.51. The van der Waals surface area contributed by atoms with Crippen molar-refractivity contribution in [3.8, 4) is 17.6 Å². The van der Waals surface area contributed by atoms with E-state index in [1.165, 1.54) is 24.5 Å². The van der Waals surface area contributed by atoms with Crippen LogP contribution in [0.25, 0.3) is 10.9 Å². The largest absolute Gasteiger partial charge is 0.487 e. The first-order valence-electron chi connectivity index (χ1n) is 14.3. The summed E-state index contributed by atoms with van der Waals surface area (Å²) < 4.78 is 24.7. The first-order chi connectivity index (χ1) is 21.4. The zero-order valence-corrected chi connectivity index (χ0v) is 25.5. The first kappa shape index (κ1) is 30.1. The van der Waals surface area contributed by atoms with Gasteiger partial charge in [-0.05, 0) is 74.6 Å². The summed E-state index contributed by atoms with van der Waals surface area (Å²) in [4.78, 5) is 34.3. The topological polar surface area (TPSA) is 120 Å². The smallest absolute Gasteiger partial charge is 0.410 e. The Morgan fingerprint density at radius 1 is 1.16 bits per heavy atom. The van der Waals surface area contributed by atoms with Crippen molar-refractivity contribution in [3.63, 3.8) is 0 Å². The second-order valence-corrected chi connectivity index (χ2v) is 12.5. The van der Waals surface area contributed by atoms with Crippen LogP contribution in [-0.4, -0.2) is 44.6 Å². The fraction of sp³-hybridized carbons (Fsp3) is 0.303. The highest BCUT2D eigenvalue weighted by atomic mass is 35.5. The van der Waals surface area contributed by atoms with Crippen LogP contribution in [0.3, 0.4) is 0 Å². The van der Waals surface area contributed by atoms with Crippen molar-refractivity contribution in [3.05, 3.63) is 93.0 Å². The van der Waals surface area contributed by atoms with Gasteiger partial charge in [-0.15, -0.1) is 0 Å². The van der Waals surface area contributed by atoms with Crippen molar-refractivity contribution in [1.82, 2.24) is 14.9 Å². The molecule has 6 rings (SSSR count). The van der Waals surface area contributed by atoms with Gasteiger partial charge in [0.1, 0.15) is 41.5 Å². The Balaban J connectivity index is 1.16. The van der Waals surface area contributed by atoms with Crippen LogP contribution in [0.4, 0.5) is 26.4 Å². The minimum atomic E-state index is -0.560. The molecule has 2 unspecified atom stereocenters. The van der Waals surface area contributed by atoms with Crippen molar-refractivity contribution in [2.75, 3.05) is 18.4 Å². The standard InChI is InChI=1S/C33H29ClFN5O5/c1-33(2,3)45-32(41)39-15-25-23(26(25)16-39)9-7-20-12-28-24(14-29(20)40(42)43)31(37-18-36-28)38-22-8-10-30(27(34)13-22)44-17-19-5-4-6-21(35)11-19/h4-6,8,10-14,18,23,25-26H,15-17H2,1-3H3,(H,36,37,38). The number of fused-ring (bicyclic) bond motifs is 2. The van der Waals surface area contributed by atoms with Gasteiger partial charge in [-0.3, -0.25) is 10.1 Å². The summed E-state index contributed by atoms with van der Waals surface area (Å²) in [7, 11) is 0. The molecule has 45 heavy (non-hydrogen) atoms. The lowest BCUT2D eigenvalue weighted by atomic mass is 10.1. The molecule has 0 spiro atoms. The molecule has 1 aliphatic carbocycles. The monoisotopic (exact) mass is 629 g/mol. The average molecular weight is 630 g/mol. The van der Waals surface area contributed by atoms with E-state index in [1.54, 1.807) is 41.3 Å². The number of nitro benzene ring substituents is 1. The van der Waals surface area contributed by atoms with Gasteiger partial charge in [0.2, 0.25) is 0 Å². The summed E-state index contributed by atoms with van der Waals surface area (Å²) in [5, 5.41) is 16.0. The van der Waals surface area contributed by atoms with E-state index in [4.69, 9.17) is 21.1 Å². The van der Waals surface area contributed by atoms with Crippen LogP contribution in [0.5, 0.6) is 5.75 Å². The van der Waals surface area contributed by atoms with Gasteiger partial charge in [0.05, 0.1) is 15.5 Å². The maximum absolute atomic E-state index is 13.5. The highest BCUT2D eigenvalue weighted by molar-refractivity contribution is 6.32. The van der Waals surface area contributed by atoms with Gasteiger partial charge >= 0.3 is 6.09 Å². The number of nitrogens with zero attached hydrogens (tertiary/aromatic N) is 4. The zero-order chi connectivity index (χ0) is 31.9. The molecule has 1 amide bonds. The lowest BCUT2D eigenvalue weighted by molar-refractivity contribution is -0.385. The minimum absolute atomic E-state index is 0.0622. The lowest BCUT2D eigenvalue weighted by Crippen LogP contribution is -2.37. The van der Waals surface area contributed by atoms with Crippen LogP contribution in [-0.2, 0) is 11.3 Å². The Bertz CT molecular complexity index is 1870. The quantitative estimate of drug-likeness (QED) is 0.136. The van der Waals surface area contributed by atoms with Gasteiger partial charge in [0, 0.05) is 36.1 Å². The highest BCUT2D eigenvalue weighted by Gasteiger charge is 2.56. The normalized spacial score (nSPS) is 18.5. The molecule has 1 saturated heterocycles. The molecule has 2 heterocycles. The fourth-order valence-electron chi connectivity index (χ4n) is 5.44. The molecule has 2 aliphatic rings. The Kier molecular flexibility index (Phi) is 7.93. The molecule has 1 saturated carbocycles. The van der Waals surface area contributed by atoms with Gasteiger partial charge in [-0.25, -0.2) is 19.2 Å². The Labute approximate surface area is 263 Å². The van der Waals surface area contributed by atoms with E-state index in [0.29, 0.717) is 51.8 Å². The number of amides is 1. The van der Waals surface area contributed by atoms with E-state index < -0.39 is 10.5 Å². The molecule has 12 heteroatoms. The molecule has 0 radical (unpaired) electrons. The molecule has 2 fully saturated rings. The number of likely N-dealkylation sites (tertiary alicyclic amines) is 1. The number of nitrogens with one attached hydrogen (secondary N) is 1. The number of ether oxygens (including phenoxy) is 2. The van der Waals surface area contributed by atoms with Crippen molar-refractivity contribution < 1.29 is 23.6 Å². The van der Waals surface area contributed by atoms with Crippen LogP contribution < -0.4 is 10.1 Å². The van der Waals surface area contributed by atoms with Crippen LogP contribution in [0.15, 0.2) is 60.9 Å². The summed E-state index contributed by atoms with van der Waals surface area (Å²) >= 11 is 6.45. The number of hydrogen-bond donors (Lipinski definition) is 1. The maximum atomic E-state index is 13.5. The van der Waals surface area contributed by atoms with Crippen molar-refractivity contribution in [1.29, 1.82) is 0 Å². The zero-order valence-electron chi connectivity index (χ0n) is 24.7. The van der Waals surface area contributed by atoms with E-state index in [-0.39, 0.29) is 47.5 Å². The van der Waals surface area contributed by atoms with Gasteiger partial charge in [0.25, 0.3) is 5.69 Å². The third kappa shape index (κ3) is 6.76. The Hall–Kier alpha value is -4.95. The van der Waals surface area contributed by atoms with E-state index >= 15 is 0 Å². The van der Waals surface area contributed by atoms with Gasteiger partial charge in [0.15, 0.2) is 0 Å². The number of carbonyl (C=O) groups excluding carboxylic acids is 1. The van der Waals surface area contributed by atoms with Gasteiger partial charge in [-0.1, -0.05) is 35.6 Å². The molecule has 10 nitrogen and oxygen atoms in total. The van der Waals surface area contributed by atoms with Crippen LogP contribution in [0.2, 0.25) is 5.02 Å². The number of rotatable bonds is 6. The Morgan fingerprint density at radius 2 is 1.93 bits per heavy atom. The molecule has 3 aromatic carbocycles. The van der Waals surface area contributed by atoms with Gasteiger partial charge in [-0.2, -0.15) is 0 Å². The van der Waals surface area contributed by atoms with Crippen LogP contribution >= 0.6 is 11.6 Å². The summed E-state index contributed by atoms with van der Waals surface area (Å²) in [6.07, 6.45) is 1.03. The van der Waals surface area contributed by atoms with Crippen LogP contribution in [0, 0.1) is 45.5 Å². The number of aromatic nitrogens is 2. The van der Waals surface area contributed by atoms with Gasteiger partial charge < -0.3 is 19.7 Å². The summed E-state index contributed by atoms with van der Waals surface area (Å²) in [6, 6.07) is 14.1. The SMILES string of the molecule is CC(C)(C)OC(=O)N1CC2C(C#Cc3cc4ncnc(Nc5ccc(OCc6cccc(F)c6)c(Cl)c5)c4cc3[N+](=O)[O-])C2C1. The van der Waals surface area contributed by atoms with E-state index in [1.807, 2.05) is 20.8 Å². The van der Waals surface area contributed by atoms with E-state index in [9.17, 15) is 19.3 Å². The van der Waals surface area contributed by atoms with E-state index in [0.717, 1.165) is 0 Å². The second kappa shape index (κ2) is 11.9. The third-order valence-corrected chi connectivity index (χ3v) is 7.94. The number of nitro groups is 1. The second-order valence-electron chi connectivity index (χ2n) is 12.1. The molecule has 2 atom stereocenters. The number of halogens is 2. The minimum Gasteiger partial charge on any atom is -0.487 e. The molecule has 4 aromatic rings. The predicted molar refractivity (Wildman–Crippen MR) is 167 cm³/mol.